The summed E-state index contributed by atoms with van der Waals surface area (Å²) in [7, 11) is -2.84. The first-order chi connectivity index (χ1) is 11.8. The lowest BCUT2D eigenvalue weighted by Crippen LogP contribution is -2.41. The maximum Gasteiger partial charge on any atom is 0.224 e. The Hall–Kier alpha value is -1.91. The quantitative estimate of drug-likeness (QED) is 0.760. The highest BCUT2D eigenvalue weighted by Crippen LogP contribution is 2.17. The Morgan fingerprint density at radius 1 is 1.24 bits per heavy atom. The first-order valence-electron chi connectivity index (χ1n) is 8.50. The van der Waals surface area contributed by atoms with Gasteiger partial charge in [0.25, 0.3) is 0 Å². The second kappa shape index (κ2) is 8.45. The first kappa shape index (κ1) is 19.4. The largest absolute Gasteiger partial charge is 0.356 e. The summed E-state index contributed by atoms with van der Waals surface area (Å²) in [6, 6.07) is 5.74. The lowest BCUT2D eigenvalue weighted by atomic mass is 9.97. The fraction of sp³-hybridized carbons (Fsp3) is 0.556. The van der Waals surface area contributed by atoms with Crippen LogP contribution in [0.25, 0.3) is 0 Å². The molecule has 1 N–H and O–H groups in total. The fourth-order valence-corrected chi connectivity index (χ4v) is 4.34. The van der Waals surface area contributed by atoms with Gasteiger partial charge in [0.15, 0.2) is 9.84 Å². The van der Waals surface area contributed by atoms with E-state index in [0.29, 0.717) is 31.6 Å². The minimum atomic E-state index is -2.84. The predicted octanol–water partition coefficient (Wildman–Crippen LogP) is 0.954. The molecular weight excluding hydrogens is 338 g/mol. The molecule has 7 heteroatoms. The number of carbonyl (C=O) groups is 1. The summed E-state index contributed by atoms with van der Waals surface area (Å²) in [6.45, 7) is 6.38. The van der Waals surface area contributed by atoms with E-state index in [0.717, 1.165) is 29.7 Å². The number of benzene rings is 1. The maximum absolute atomic E-state index is 12.1. The van der Waals surface area contributed by atoms with E-state index in [-0.39, 0.29) is 17.4 Å². The molecule has 0 spiro atoms. The minimum Gasteiger partial charge on any atom is -0.356 e. The van der Waals surface area contributed by atoms with Crippen molar-refractivity contribution in [2.24, 2.45) is 0 Å². The summed E-state index contributed by atoms with van der Waals surface area (Å²) >= 11 is 0. The van der Waals surface area contributed by atoms with E-state index in [1.807, 2.05) is 13.8 Å². The Kier molecular flexibility index (Phi) is 6.57. The SMILES string of the molecule is Cc1cc(C#N)cc(C)c1CC(=O)NCCCN1CCS(=O)(=O)CC1. The number of sulfone groups is 1. The van der Waals surface area contributed by atoms with Crippen LogP contribution in [-0.2, 0) is 21.1 Å². The van der Waals surface area contributed by atoms with E-state index in [9.17, 15) is 13.2 Å². The van der Waals surface area contributed by atoms with Crippen LogP contribution in [0.5, 0.6) is 0 Å². The van der Waals surface area contributed by atoms with Gasteiger partial charge in [0.2, 0.25) is 5.91 Å². The summed E-state index contributed by atoms with van der Waals surface area (Å²) in [6.07, 6.45) is 1.11. The molecule has 0 bridgehead atoms. The van der Waals surface area contributed by atoms with E-state index in [1.165, 1.54) is 0 Å². The van der Waals surface area contributed by atoms with Gasteiger partial charge in [0, 0.05) is 19.6 Å². The fourth-order valence-electron chi connectivity index (χ4n) is 3.06. The van der Waals surface area contributed by atoms with Crippen molar-refractivity contribution in [3.8, 4) is 6.07 Å². The van der Waals surface area contributed by atoms with Crippen molar-refractivity contribution in [1.82, 2.24) is 10.2 Å². The van der Waals surface area contributed by atoms with Gasteiger partial charge in [-0.25, -0.2) is 8.42 Å². The molecule has 1 aliphatic rings. The Labute approximate surface area is 149 Å². The molecule has 1 aliphatic heterocycles. The number of amides is 1. The van der Waals surface area contributed by atoms with Crippen molar-refractivity contribution < 1.29 is 13.2 Å². The lowest BCUT2D eigenvalue weighted by molar-refractivity contribution is -0.120. The smallest absolute Gasteiger partial charge is 0.224 e. The highest BCUT2D eigenvalue weighted by atomic mass is 32.2. The van der Waals surface area contributed by atoms with Crippen LogP contribution < -0.4 is 5.32 Å². The Bertz CT molecular complexity index is 744. The normalized spacial score (nSPS) is 17.0. The summed E-state index contributed by atoms with van der Waals surface area (Å²) in [5.41, 5.74) is 3.50. The van der Waals surface area contributed by atoms with Crippen LogP contribution >= 0.6 is 0 Å². The standard InChI is InChI=1S/C18H25N3O3S/c1-14-10-16(13-19)11-15(2)17(14)12-18(22)20-4-3-5-21-6-8-25(23,24)9-7-21/h10-11H,3-9,12H2,1-2H3,(H,20,22). The van der Waals surface area contributed by atoms with Gasteiger partial charge >= 0.3 is 0 Å². The van der Waals surface area contributed by atoms with Crippen molar-refractivity contribution in [3.63, 3.8) is 0 Å². The van der Waals surface area contributed by atoms with Crippen LogP contribution in [0.15, 0.2) is 12.1 Å². The third-order valence-corrected chi connectivity index (χ3v) is 6.18. The highest BCUT2D eigenvalue weighted by molar-refractivity contribution is 7.91. The molecule has 1 fully saturated rings. The Balaban J connectivity index is 1.74. The van der Waals surface area contributed by atoms with Crippen molar-refractivity contribution in [2.75, 3.05) is 37.7 Å². The predicted molar refractivity (Wildman–Crippen MR) is 97.1 cm³/mol. The van der Waals surface area contributed by atoms with Gasteiger partial charge in [0.05, 0.1) is 29.6 Å². The number of nitrogens with zero attached hydrogens (tertiary/aromatic N) is 2. The average molecular weight is 363 g/mol. The van der Waals surface area contributed by atoms with Crippen LogP contribution in [-0.4, -0.2) is 56.9 Å². The second-order valence-electron chi connectivity index (χ2n) is 6.57. The molecule has 0 aromatic heterocycles. The van der Waals surface area contributed by atoms with Crippen molar-refractivity contribution in [3.05, 3.63) is 34.4 Å². The zero-order valence-corrected chi connectivity index (χ0v) is 15.7. The molecule has 0 saturated carbocycles. The van der Waals surface area contributed by atoms with Crippen LogP contribution in [0, 0.1) is 25.2 Å². The molecule has 25 heavy (non-hydrogen) atoms. The number of carbonyl (C=O) groups excluding carboxylic acids is 1. The van der Waals surface area contributed by atoms with E-state index < -0.39 is 9.84 Å². The molecule has 0 aliphatic carbocycles. The minimum absolute atomic E-state index is 0.0304. The number of nitrogens with one attached hydrogen (secondary N) is 1. The van der Waals surface area contributed by atoms with E-state index in [2.05, 4.69) is 16.3 Å². The molecule has 1 saturated heterocycles. The molecule has 1 aromatic carbocycles. The lowest BCUT2D eigenvalue weighted by Gasteiger charge is -2.26. The number of aryl methyl sites for hydroxylation is 2. The molecule has 0 atom stereocenters. The summed E-state index contributed by atoms with van der Waals surface area (Å²) in [4.78, 5) is 14.3. The van der Waals surface area contributed by atoms with Gasteiger partial charge in [-0.05, 0) is 55.6 Å². The summed E-state index contributed by atoms with van der Waals surface area (Å²) < 4.78 is 22.8. The molecule has 2 rings (SSSR count). The maximum atomic E-state index is 12.1. The summed E-state index contributed by atoms with van der Waals surface area (Å²) in [5, 5.41) is 11.9. The Morgan fingerprint density at radius 2 is 1.84 bits per heavy atom. The van der Waals surface area contributed by atoms with E-state index >= 15 is 0 Å². The number of hydrogen-bond donors (Lipinski definition) is 1. The van der Waals surface area contributed by atoms with Gasteiger partial charge in [-0.2, -0.15) is 5.26 Å². The number of rotatable bonds is 6. The van der Waals surface area contributed by atoms with Crippen molar-refractivity contribution in [1.29, 1.82) is 5.26 Å². The number of nitriles is 1. The van der Waals surface area contributed by atoms with Crippen LogP contribution in [0.2, 0.25) is 0 Å². The van der Waals surface area contributed by atoms with Gasteiger partial charge in [-0.3, -0.25) is 4.79 Å². The second-order valence-corrected chi connectivity index (χ2v) is 8.88. The monoisotopic (exact) mass is 363 g/mol. The Morgan fingerprint density at radius 3 is 2.40 bits per heavy atom. The van der Waals surface area contributed by atoms with E-state index in [1.54, 1.807) is 12.1 Å². The molecule has 0 unspecified atom stereocenters. The highest BCUT2D eigenvalue weighted by Gasteiger charge is 2.20. The zero-order valence-electron chi connectivity index (χ0n) is 14.8. The summed E-state index contributed by atoms with van der Waals surface area (Å²) in [5.74, 6) is 0.435. The van der Waals surface area contributed by atoms with Gasteiger partial charge in [-0.1, -0.05) is 0 Å². The molecule has 136 valence electrons. The molecule has 1 heterocycles. The zero-order chi connectivity index (χ0) is 18.4. The molecule has 1 aromatic rings. The molecule has 6 nitrogen and oxygen atoms in total. The third-order valence-electron chi connectivity index (χ3n) is 4.57. The van der Waals surface area contributed by atoms with Crippen molar-refractivity contribution in [2.45, 2.75) is 26.7 Å². The van der Waals surface area contributed by atoms with Crippen LogP contribution in [0.1, 0.15) is 28.7 Å². The van der Waals surface area contributed by atoms with Crippen LogP contribution in [0.3, 0.4) is 0 Å². The van der Waals surface area contributed by atoms with Crippen molar-refractivity contribution >= 4 is 15.7 Å². The average Bonchev–Trinajstić information content (AvgIpc) is 2.56. The van der Waals surface area contributed by atoms with E-state index in [4.69, 9.17) is 5.26 Å². The molecule has 0 radical (unpaired) electrons. The van der Waals surface area contributed by atoms with Gasteiger partial charge in [0.1, 0.15) is 0 Å². The van der Waals surface area contributed by atoms with Gasteiger partial charge < -0.3 is 10.2 Å². The van der Waals surface area contributed by atoms with Crippen LogP contribution in [0.4, 0.5) is 0 Å². The third kappa shape index (κ3) is 5.83. The first-order valence-corrected chi connectivity index (χ1v) is 10.3. The molecule has 1 amide bonds. The molecular formula is C18H25N3O3S. The van der Waals surface area contributed by atoms with Gasteiger partial charge in [-0.15, -0.1) is 0 Å². The number of hydrogen-bond acceptors (Lipinski definition) is 5. The topological polar surface area (TPSA) is 90.3 Å².